The summed E-state index contributed by atoms with van der Waals surface area (Å²) < 4.78 is 19.6. The summed E-state index contributed by atoms with van der Waals surface area (Å²) in [4.78, 5) is 0. The van der Waals surface area contributed by atoms with E-state index < -0.39 is 25.0 Å². The van der Waals surface area contributed by atoms with Gasteiger partial charge in [-0.15, -0.1) is 0 Å². The smallest absolute Gasteiger partial charge is 0.184 e. The molecule has 2 N–H and O–H groups in total. The standard InChI is InChI=1S/C26H61NO3Si3/c1-11-12-13-14-15-16-17-18-19-20-21-22-25(29-32(5,6)7)26(30-33(8,9)10)24(27)23-28-31(2,3)4/h24-26H,11-23,27H2,1-10H3/t24-,25+,26-/m0/s1. The third-order valence-corrected chi connectivity index (χ3v) is 8.61. The van der Waals surface area contributed by atoms with E-state index in [2.05, 4.69) is 65.8 Å². The zero-order valence-electron chi connectivity index (χ0n) is 24.2. The van der Waals surface area contributed by atoms with Crippen LogP contribution in [0.1, 0.15) is 84.0 Å². The molecule has 0 fully saturated rings. The van der Waals surface area contributed by atoms with Gasteiger partial charge in [0.2, 0.25) is 0 Å². The van der Waals surface area contributed by atoms with Gasteiger partial charge in [-0.3, -0.25) is 0 Å². The van der Waals surface area contributed by atoms with Gasteiger partial charge in [0.1, 0.15) is 0 Å². The minimum absolute atomic E-state index is 0.0715. The fourth-order valence-corrected chi connectivity index (χ4v) is 7.04. The van der Waals surface area contributed by atoms with Crippen LogP contribution >= 0.6 is 0 Å². The summed E-state index contributed by atoms with van der Waals surface area (Å²) in [5.41, 5.74) is 6.71. The summed E-state index contributed by atoms with van der Waals surface area (Å²) in [5.74, 6) is 0. The molecule has 0 spiro atoms. The molecule has 0 saturated heterocycles. The second kappa shape index (κ2) is 17.0. The predicted molar refractivity (Wildman–Crippen MR) is 155 cm³/mol. The molecule has 0 radical (unpaired) electrons. The van der Waals surface area contributed by atoms with E-state index in [0.717, 1.165) is 6.42 Å². The first kappa shape index (κ1) is 33.5. The van der Waals surface area contributed by atoms with Crippen molar-refractivity contribution in [3.05, 3.63) is 0 Å². The van der Waals surface area contributed by atoms with E-state index in [9.17, 15) is 0 Å². The van der Waals surface area contributed by atoms with Crippen LogP contribution in [-0.2, 0) is 13.3 Å². The van der Waals surface area contributed by atoms with E-state index in [0.29, 0.717) is 6.61 Å². The molecule has 0 bridgehead atoms. The highest BCUT2D eigenvalue weighted by Crippen LogP contribution is 2.24. The fourth-order valence-electron chi connectivity index (χ4n) is 4.04. The maximum atomic E-state index is 6.71. The third-order valence-electron chi connectivity index (χ3n) is 5.58. The maximum absolute atomic E-state index is 6.71. The van der Waals surface area contributed by atoms with Crippen molar-refractivity contribution in [2.45, 2.75) is 161 Å². The molecule has 0 aromatic carbocycles. The van der Waals surface area contributed by atoms with Crippen molar-refractivity contribution >= 4 is 25.0 Å². The third kappa shape index (κ3) is 21.5. The maximum Gasteiger partial charge on any atom is 0.184 e. The molecule has 0 aromatic heterocycles. The van der Waals surface area contributed by atoms with Gasteiger partial charge >= 0.3 is 0 Å². The highest BCUT2D eigenvalue weighted by molar-refractivity contribution is 6.70. The first-order valence-electron chi connectivity index (χ1n) is 13.9. The van der Waals surface area contributed by atoms with Crippen molar-refractivity contribution in [2.75, 3.05) is 6.61 Å². The number of hydrogen-bond donors (Lipinski definition) is 1. The molecule has 0 aliphatic heterocycles. The van der Waals surface area contributed by atoms with Crippen LogP contribution in [0.25, 0.3) is 0 Å². The Morgan fingerprint density at radius 1 is 0.576 bits per heavy atom. The van der Waals surface area contributed by atoms with Crippen LogP contribution in [0.2, 0.25) is 58.9 Å². The predicted octanol–water partition coefficient (Wildman–Crippen LogP) is 8.31. The van der Waals surface area contributed by atoms with Gasteiger partial charge in [0, 0.05) is 0 Å². The van der Waals surface area contributed by atoms with Crippen molar-refractivity contribution < 1.29 is 13.3 Å². The molecule has 33 heavy (non-hydrogen) atoms. The SMILES string of the molecule is CCCCCCCCCCCCC[C@@H](O[Si](C)(C)C)[C@@H](O[Si](C)(C)C)[C@@H](N)CO[Si](C)(C)C. The van der Waals surface area contributed by atoms with Crippen molar-refractivity contribution in [1.29, 1.82) is 0 Å². The van der Waals surface area contributed by atoms with E-state index in [1.807, 2.05) is 0 Å². The molecule has 200 valence electrons. The number of hydrogen-bond acceptors (Lipinski definition) is 4. The molecule has 0 rings (SSSR count). The van der Waals surface area contributed by atoms with Crippen LogP contribution in [0.5, 0.6) is 0 Å². The van der Waals surface area contributed by atoms with Gasteiger partial charge < -0.3 is 19.0 Å². The van der Waals surface area contributed by atoms with Crippen LogP contribution in [0, 0.1) is 0 Å². The van der Waals surface area contributed by atoms with Crippen LogP contribution in [0.4, 0.5) is 0 Å². The fraction of sp³-hybridized carbons (Fsp3) is 1.00. The van der Waals surface area contributed by atoms with E-state index in [1.165, 1.54) is 70.6 Å². The lowest BCUT2D eigenvalue weighted by Gasteiger charge is -2.39. The highest BCUT2D eigenvalue weighted by atomic mass is 28.4. The zero-order chi connectivity index (χ0) is 25.5. The van der Waals surface area contributed by atoms with Crippen molar-refractivity contribution in [1.82, 2.24) is 0 Å². The number of rotatable bonds is 21. The number of unbranched alkanes of at least 4 members (excludes halogenated alkanes) is 10. The molecular formula is C26H61NO3Si3. The molecule has 4 nitrogen and oxygen atoms in total. The number of nitrogens with two attached hydrogens (primary N) is 1. The van der Waals surface area contributed by atoms with E-state index >= 15 is 0 Å². The van der Waals surface area contributed by atoms with Crippen molar-refractivity contribution in [2.24, 2.45) is 5.73 Å². The van der Waals surface area contributed by atoms with E-state index in [1.54, 1.807) is 0 Å². The lowest BCUT2D eigenvalue weighted by Crippen LogP contribution is -2.55. The summed E-state index contributed by atoms with van der Waals surface area (Å²) in [6.07, 6.45) is 16.0. The Morgan fingerprint density at radius 3 is 1.39 bits per heavy atom. The second-order valence-corrected chi connectivity index (χ2v) is 26.3. The van der Waals surface area contributed by atoms with Crippen LogP contribution < -0.4 is 5.73 Å². The van der Waals surface area contributed by atoms with Gasteiger partial charge in [-0.25, -0.2) is 0 Å². The monoisotopic (exact) mass is 519 g/mol. The molecule has 0 aromatic rings. The molecule has 0 amide bonds. The Kier molecular flexibility index (Phi) is 17.3. The molecular weight excluding hydrogens is 459 g/mol. The summed E-state index contributed by atoms with van der Waals surface area (Å²) >= 11 is 0. The average Bonchev–Trinajstić information content (AvgIpc) is 2.65. The van der Waals surface area contributed by atoms with Gasteiger partial charge in [0.15, 0.2) is 25.0 Å². The Balaban J connectivity index is 4.75. The van der Waals surface area contributed by atoms with E-state index in [-0.39, 0.29) is 18.2 Å². The largest absolute Gasteiger partial charge is 0.416 e. The lowest BCUT2D eigenvalue weighted by molar-refractivity contribution is 0.0109. The normalized spacial score (nSPS) is 16.1. The molecule has 0 saturated carbocycles. The minimum Gasteiger partial charge on any atom is -0.416 e. The van der Waals surface area contributed by atoms with Crippen molar-refractivity contribution in [3.63, 3.8) is 0 Å². The Hall–Kier alpha value is 0.491. The van der Waals surface area contributed by atoms with Gasteiger partial charge in [-0.2, -0.15) is 0 Å². The van der Waals surface area contributed by atoms with Gasteiger partial charge in [0.05, 0.1) is 24.9 Å². The molecule has 7 heteroatoms. The van der Waals surface area contributed by atoms with Gasteiger partial charge in [-0.1, -0.05) is 77.6 Å². The summed E-state index contributed by atoms with van der Waals surface area (Å²) in [6.45, 7) is 23.1. The molecule has 0 aliphatic rings. The zero-order valence-corrected chi connectivity index (χ0v) is 27.2. The Bertz CT molecular complexity index is 473. The van der Waals surface area contributed by atoms with Crippen LogP contribution in [0.3, 0.4) is 0 Å². The summed E-state index contributed by atoms with van der Waals surface area (Å²) in [6, 6.07) is -0.141. The molecule has 0 heterocycles. The molecule has 3 atom stereocenters. The van der Waals surface area contributed by atoms with Gasteiger partial charge in [-0.05, 0) is 65.3 Å². The Morgan fingerprint density at radius 2 is 1.00 bits per heavy atom. The molecule has 0 unspecified atom stereocenters. The van der Waals surface area contributed by atoms with E-state index in [4.69, 9.17) is 19.0 Å². The quantitative estimate of drug-likeness (QED) is 0.122. The second-order valence-electron chi connectivity index (χ2n) is 12.9. The lowest BCUT2D eigenvalue weighted by atomic mass is 10.00. The van der Waals surface area contributed by atoms with Crippen LogP contribution in [0.15, 0.2) is 0 Å². The first-order chi connectivity index (χ1) is 15.1. The Labute approximate surface area is 211 Å². The van der Waals surface area contributed by atoms with Gasteiger partial charge in [0.25, 0.3) is 0 Å². The van der Waals surface area contributed by atoms with Crippen LogP contribution in [-0.4, -0.2) is 49.8 Å². The highest BCUT2D eigenvalue weighted by Gasteiger charge is 2.36. The summed E-state index contributed by atoms with van der Waals surface area (Å²) in [5, 5.41) is 0. The first-order valence-corrected chi connectivity index (χ1v) is 24.1. The van der Waals surface area contributed by atoms with Crippen molar-refractivity contribution in [3.8, 4) is 0 Å². The summed E-state index contributed by atoms with van der Waals surface area (Å²) in [7, 11) is -5.10. The topological polar surface area (TPSA) is 53.7 Å². The average molecular weight is 520 g/mol. The minimum atomic E-state index is -1.77. The molecule has 0 aliphatic carbocycles.